The van der Waals surface area contributed by atoms with Gasteiger partial charge in [0.15, 0.2) is 10.7 Å². The van der Waals surface area contributed by atoms with Crippen LogP contribution in [-0.4, -0.2) is 33.3 Å². The minimum atomic E-state index is -0.685. The second-order valence-corrected chi connectivity index (χ2v) is 10.2. The van der Waals surface area contributed by atoms with Crippen molar-refractivity contribution in [2.75, 3.05) is 13.7 Å². The van der Waals surface area contributed by atoms with E-state index >= 15 is 0 Å². The number of methoxy groups -OCH3 is 1. The van der Waals surface area contributed by atoms with Crippen LogP contribution >= 0.6 is 23.6 Å². The van der Waals surface area contributed by atoms with Crippen LogP contribution in [0, 0.1) is 28.4 Å². The molecule has 3 heterocycles. The quantitative estimate of drug-likeness (QED) is 0.285. The molecule has 1 aliphatic rings. The summed E-state index contributed by atoms with van der Waals surface area (Å²) in [6.45, 7) is 4.55. The largest absolute Gasteiger partial charge is 0.383 e. The van der Waals surface area contributed by atoms with Gasteiger partial charge in [-0.25, -0.2) is 8.78 Å². The lowest BCUT2D eigenvalue weighted by Gasteiger charge is -2.37. The Kier molecular flexibility index (Phi) is 7.58. The molecule has 0 fully saturated rings. The molecule has 0 spiro atoms. The molecule has 1 aliphatic heterocycles. The van der Waals surface area contributed by atoms with E-state index in [9.17, 15) is 18.5 Å². The number of thiocarbonyl (C=S) groups is 1. The van der Waals surface area contributed by atoms with Gasteiger partial charge >= 0.3 is 0 Å². The molecule has 0 bridgehead atoms. The molecule has 35 heavy (non-hydrogen) atoms. The summed E-state index contributed by atoms with van der Waals surface area (Å²) in [6, 6.07) is 3.17. The molecular formula is C24H24F2N4O3S2. The van der Waals surface area contributed by atoms with Gasteiger partial charge < -0.3 is 9.30 Å². The molecule has 3 aromatic rings. The molecule has 3 atom stereocenters. The number of fused-ring (bicyclic) bond motifs is 1. The molecule has 7 nitrogen and oxygen atoms in total. The Morgan fingerprint density at radius 2 is 2.11 bits per heavy atom. The fourth-order valence-electron chi connectivity index (χ4n) is 4.46. The summed E-state index contributed by atoms with van der Waals surface area (Å²) in [6.07, 6.45) is 3.33. The maximum absolute atomic E-state index is 14.1. The van der Waals surface area contributed by atoms with Crippen LogP contribution in [0.5, 0.6) is 0 Å². The molecule has 2 aromatic heterocycles. The van der Waals surface area contributed by atoms with Crippen LogP contribution in [0.4, 0.5) is 14.5 Å². The van der Waals surface area contributed by atoms with Gasteiger partial charge in [0.1, 0.15) is 16.6 Å². The minimum Gasteiger partial charge on any atom is -0.383 e. The third-order valence-corrected chi connectivity index (χ3v) is 7.99. The standard InChI is InChI=1S/C24H24F2N4O3S2/c1-4-12(2)16-9-15(11-33-3)30-10-17(22(31)20(29-32)21(30)23(16)34)24-28-27-19(35-24)7-13-5-6-14(25)8-18(13)26/h5-6,8,10,12,15-16H,4,7,9,11H2,1-3H3/t12-,15+,16+/m0/s1. The zero-order valence-electron chi connectivity index (χ0n) is 19.5. The Balaban J connectivity index is 1.78. The Hall–Kier alpha value is -2.76. The summed E-state index contributed by atoms with van der Waals surface area (Å²) in [7, 11) is 1.60. The first-order valence-corrected chi connectivity index (χ1v) is 12.4. The number of ether oxygens (including phenoxy) is 1. The molecule has 11 heteroatoms. The van der Waals surface area contributed by atoms with E-state index in [1.165, 1.54) is 12.1 Å². The van der Waals surface area contributed by atoms with Gasteiger partial charge in [-0.1, -0.05) is 49.9 Å². The number of aromatic nitrogens is 3. The number of pyridine rings is 1. The summed E-state index contributed by atoms with van der Waals surface area (Å²) in [5, 5.41) is 12.0. The van der Waals surface area contributed by atoms with E-state index in [1.807, 2.05) is 0 Å². The van der Waals surface area contributed by atoms with Gasteiger partial charge in [-0.3, -0.25) is 4.79 Å². The summed E-state index contributed by atoms with van der Waals surface area (Å²) in [4.78, 5) is 25.8. The van der Waals surface area contributed by atoms with E-state index in [2.05, 4.69) is 29.2 Å². The van der Waals surface area contributed by atoms with E-state index in [1.54, 1.807) is 17.9 Å². The van der Waals surface area contributed by atoms with Crippen LogP contribution in [0.15, 0.2) is 34.4 Å². The smallest absolute Gasteiger partial charge is 0.221 e. The van der Waals surface area contributed by atoms with Crippen molar-refractivity contribution in [1.29, 1.82) is 0 Å². The monoisotopic (exact) mass is 518 g/mol. The van der Waals surface area contributed by atoms with Crippen molar-refractivity contribution >= 4 is 34.1 Å². The van der Waals surface area contributed by atoms with Crippen molar-refractivity contribution in [3.63, 3.8) is 0 Å². The maximum Gasteiger partial charge on any atom is 0.221 e. The highest BCUT2D eigenvalue weighted by molar-refractivity contribution is 7.80. The highest BCUT2D eigenvalue weighted by atomic mass is 32.1. The zero-order chi connectivity index (χ0) is 25.3. The Labute approximate surface area is 210 Å². The number of benzene rings is 1. The fourth-order valence-corrected chi connectivity index (χ4v) is 5.86. The van der Waals surface area contributed by atoms with Crippen molar-refractivity contribution in [2.45, 2.75) is 39.2 Å². The van der Waals surface area contributed by atoms with Crippen LogP contribution in [0.2, 0.25) is 0 Å². The lowest BCUT2D eigenvalue weighted by molar-refractivity contribution is 0.137. The first kappa shape index (κ1) is 25.3. The SMILES string of the molecule is CC[C@H](C)[C@H]1C[C@H](COC)n2cc(-c3nnc(Cc4ccc(F)cc4F)s3)c(=O)c(N=O)c2C1=S. The maximum atomic E-state index is 14.1. The van der Waals surface area contributed by atoms with Crippen molar-refractivity contribution in [3.8, 4) is 10.6 Å². The van der Waals surface area contributed by atoms with Crippen molar-refractivity contribution in [3.05, 3.63) is 67.4 Å². The molecule has 0 N–H and O–H groups in total. The molecule has 184 valence electrons. The highest BCUT2D eigenvalue weighted by Gasteiger charge is 2.37. The van der Waals surface area contributed by atoms with Gasteiger partial charge in [0.05, 0.1) is 23.9 Å². The van der Waals surface area contributed by atoms with Crippen LogP contribution in [-0.2, 0) is 11.2 Å². The Morgan fingerprint density at radius 1 is 1.34 bits per heavy atom. The third kappa shape index (κ3) is 4.85. The zero-order valence-corrected chi connectivity index (χ0v) is 21.1. The molecule has 0 saturated carbocycles. The molecule has 1 aromatic carbocycles. The highest BCUT2D eigenvalue weighted by Crippen LogP contribution is 2.39. The molecule has 0 amide bonds. The Morgan fingerprint density at radius 3 is 2.77 bits per heavy atom. The summed E-state index contributed by atoms with van der Waals surface area (Å²) < 4.78 is 34.5. The summed E-state index contributed by atoms with van der Waals surface area (Å²) in [5.41, 5.74) is -0.0423. The first-order chi connectivity index (χ1) is 16.8. The second-order valence-electron chi connectivity index (χ2n) is 8.68. The minimum absolute atomic E-state index is 0.0136. The predicted molar refractivity (Wildman–Crippen MR) is 134 cm³/mol. The van der Waals surface area contributed by atoms with Crippen molar-refractivity contribution in [1.82, 2.24) is 14.8 Å². The lowest BCUT2D eigenvalue weighted by Crippen LogP contribution is -2.37. The molecule has 4 rings (SSSR count). The molecular weight excluding hydrogens is 494 g/mol. The van der Waals surface area contributed by atoms with Crippen molar-refractivity contribution in [2.24, 2.45) is 17.0 Å². The van der Waals surface area contributed by atoms with Crippen molar-refractivity contribution < 1.29 is 13.5 Å². The normalized spacial score (nSPS) is 18.4. The van der Waals surface area contributed by atoms with Crippen LogP contribution in [0.25, 0.3) is 10.6 Å². The van der Waals surface area contributed by atoms with E-state index in [4.69, 9.17) is 17.0 Å². The predicted octanol–water partition coefficient (Wildman–Crippen LogP) is 5.61. The van der Waals surface area contributed by atoms with Gasteiger partial charge in [0.2, 0.25) is 5.43 Å². The topological polar surface area (TPSA) is 86.4 Å². The number of halogens is 2. The Bertz CT molecular complexity index is 1340. The average molecular weight is 519 g/mol. The second kappa shape index (κ2) is 10.5. The van der Waals surface area contributed by atoms with Gasteiger partial charge in [0.25, 0.3) is 0 Å². The molecule has 0 saturated heterocycles. The van der Waals surface area contributed by atoms with Gasteiger partial charge in [0, 0.05) is 36.6 Å². The van der Waals surface area contributed by atoms with Gasteiger partial charge in [-0.2, -0.15) is 0 Å². The molecule has 0 unspecified atom stereocenters. The molecule has 0 aliphatic carbocycles. The van der Waals surface area contributed by atoms with Gasteiger partial charge in [-0.15, -0.1) is 15.1 Å². The molecule has 0 radical (unpaired) electrons. The first-order valence-electron chi connectivity index (χ1n) is 11.2. The number of hydrogen-bond acceptors (Lipinski definition) is 8. The van der Waals surface area contributed by atoms with Crippen LogP contribution in [0.1, 0.15) is 49.0 Å². The average Bonchev–Trinajstić information content (AvgIpc) is 3.30. The summed E-state index contributed by atoms with van der Waals surface area (Å²) in [5.74, 6) is -1.07. The fraction of sp³-hybridized carbons (Fsp3) is 0.417. The number of nitrogens with zero attached hydrogens (tertiary/aromatic N) is 4. The van der Waals surface area contributed by atoms with E-state index in [0.717, 1.165) is 23.8 Å². The third-order valence-electron chi connectivity index (χ3n) is 6.54. The lowest BCUT2D eigenvalue weighted by atomic mass is 9.79. The van der Waals surface area contributed by atoms with Gasteiger partial charge in [-0.05, 0) is 29.1 Å². The number of nitroso groups, excluding NO2 is 1. The van der Waals surface area contributed by atoms with Crippen LogP contribution < -0.4 is 5.43 Å². The summed E-state index contributed by atoms with van der Waals surface area (Å²) >= 11 is 6.84. The number of rotatable bonds is 8. The van der Waals surface area contributed by atoms with Crippen LogP contribution in [0.3, 0.4) is 0 Å². The van der Waals surface area contributed by atoms with E-state index in [-0.39, 0.29) is 46.1 Å². The van der Waals surface area contributed by atoms with E-state index < -0.39 is 17.1 Å². The number of hydrogen-bond donors (Lipinski definition) is 0. The van der Waals surface area contributed by atoms with E-state index in [0.29, 0.717) is 28.6 Å².